The van der Waals surface area contributed by atoms with Crippen LogP contribution in [0.15, 0.2) is 36.7 Å². The van der Waals surface area contributed by atoms with E-state index in [1.807, 2.05) is 42.3 Å². The first-order chi connectivity index (χ1) is 8.72. The standard InChI is InChI=1S/C14H18ClN3/c1-3-8-16-14(11-9-17-18(2)10-11)12-6-4-5-7-13(12)15/h4-7,9-10,14,16H,3,8H2,1-2H3. The second kappa shape index (κ2) is 6.03. The van der Waals surface area contributed by atoms with Crippen LogP contribution in [-0.2, 0) is 7.05 Å². The molecule has 0 saturated carbocycles. The maximum atomic E-state index is 6.29. The molecule has 1 atom stereocenters. The van der Waals surface area contributed by atoms with Crippen molar-refractivity contribution in [3.8, 4) is 0 Å². The van der Waals surface area contributed by atoms with Crippen LogP contribution in [0.3, 0.4) is 0 Å². The zero-order valence-electron chi connectivity index (χ0n) is 10.7. The molecule has 18 heavy (non-hydrogen) atoms. The van der Waals surface area contributed by atoms with Crippen molar-refractivity contribution in [3.05, 3.63) is 52.8 Å². The molecular weight excluding hydrogens is 246 g/mol. The summed E-state index contributed by atoms with van der Waals surface area (Å²) < 4.78 is 1.81. The zero-order valence-corrected chi connectivity index (χ0v) is 11.5. The molecule has 3 nitrogen and oxygen atoms in total. The van der Waals surface area contributed by atoms with Crippen molar-refractivity contribution in [3.63, 3.8) is 0 Å². The van der Waals surface area contributed by atoms with E-state index >= 15 is 0 Å². The molecule has 0 aliphatic rings. The molecule has 0 aliphatic heterocycles. The molecule has 1 N–H and O–H groups in total. The number of hydrogen-bond donors (Lipinski definition) is 1. The number of aryl methyl sites for hydroxylation is 1. The second-order valence-electron chi connectivity index (χ2n) is 4.36. The predicted octanol–water partition coefficient (Wildman–Crippen LogP) is 3.16. The minimum Gasteiger partial charge on any atom is -0.306 e. The van der Waals surface area contributed by atoms with E-state index in [1.165, 1.54) is 0 Å². The monoisotopic (exact) mass is 263 g/mol. The van der Waals surface area contributed by atoms with Gasteiger partial charge in [0.25, 0.3) is 0 Å². The van der Waals surface area contributed by atoms with Crippen LogP contribution in [0, 0.1) is 0 Å². The summed E-state index contributed by atoms with van der Waals surface area (Å²) in [4.78, 5) is 0. The largest absolute Gasteiger partial charge is 0.306 e. The lowest BCUT2D eigenvalue weighted by Crippen LogP contribution is -2.23. The molecule has 1 unspecified atom stereocenters. The fraction of sp³-hybridized carbons (Fsp3) is 0.357. The van der Waals surface area contributed by atoms with Crippen molar-refractivity contribution >= 4 is 11.6 Å². The molecule has 0 fully saturated rings. The van der Waals surface area contributed by atoms with Gasteiger partial charge in [-0.25, -0.2) is 0 Å². The Morgan fingerprint density at radius 1 is 1.39 bits per heavy atom. The van der Waals surface area contributed by atoms with E-state index in [1.54, 1.807) is 0 Å². The predicted molar refractivity (Wildman–Crippen MR) is 74.8 cm³/mol. The second-order valence-corrected chi connectivity index (χ2v) is 4.76. The van der Waals surface area contributed by atoms with Gasteiger partial charge < -0.3 is 5.32 Å². The number of halogens is 1. The summed E-state index contributed by atoms with van der Waals surface area (Å²) in [5.41, 5.74) is 2.24. The minimum absolute atomic E-state index is 0.104. The Morgan fingerprint density at radius 3 is 2.78 bits per heavy atom. The van der Waals surface area contributed by atoms with Crippen LogP contribution >= 0.6 is 11.6 Å². The van der Waals surface area contributed by atoms with Gasteiger partial charge >= 0.3 is 0 Å². The summed E-state index contributed by atoms with van der Waals surface area (Å²) >= 11 is 6.29. The third-order valence-corrected chi connectivity index (χ3v) is 3.22. The van der Waals surface area contributed by atoms with Gasteiger partial charge in [0.05, 0.1) is 12.2 Å². The van der Waals surface area contributed by atoms with Crippen LogP contribution in [-0.4, -0.2) is 16.3 Å². The van der Waals surface area contributed by atoms with E-state index in [0.29, 0.717) is 0 Å². The fourth-order valence-corrected chi connectivity index (χ4v) is 2.24. The van der Waals surface area contributed by atoms with Gasteiger partial charge in [0, 0.05) is 23.8 Å². The molecule has 2 rings (SSSR count). The lowest BCUT2D eigenvalue weighted by molar-refractivity contribution is 0.598. The molecule has 4 heteroatoms. The minimum atomic E-state index is 0.104. The number of rotatable bonds is 5. The normalized spacial score (nSPS) is 12.6. The molecule has 96 valence electrons. The molecule has 0 aliphatic carbocycles. The lowest BCUT2D eigenvalue weighted by Gasteiger charge is -2.18. The van der Waals surface area contributed by atoms with E-state index in [-0.39, 0.29) is 6.04 Å². The highest BCUT2D eigenvalue weighted by molar-refractivity contribution is 6.31. The summed E-state index contributed by atoms with van der Waals surface area (Å²) in [7, 11) is 1.92. The van der Waals surface area contributed by atoms with E-state index < -0.39 is 0 Å². The molecule has 0 amide bonds. The molecule has 0 bridgehead atoms. The first-order valence-corrected chi connectivity index (χ1v) is 6.56. The topological polar surface area (TPSA) is 29.9 Å². The Bertz CT molecular complexity index is 507. The van der Waals surface area contributed by atoms with Crippen LogP contribution in [0.5, 0.6) is 0 Å². The van der Waals surface area contributed by atoms with Crippen molar-refractivity contribution in [1.82, 2.24) is 15.1 Å². The number of nitrogens with one attached hydrogen (secondary N) is 1. The Morgan fingerprint density at radius 2 is 2.17 bits per heavy atom. The lowest BCUT2D eigenvalue weighted by atomic mass is 10.0. The number of aromatic nitrogens is 2. The van der Waals surface area contributed by atoms with Gasteiger partial charge in [-0.2, -0.15) is 5.10 Å². The molecule has 0 radical (unpaired) electrons. The van der Waals surface area contributed by atoms with Gasteiger partial charge in [-0.1, -0.05) is 36.7 Å². The van der Waals surface area contributed by atoms with Crippen molar-refractivity contribution < 1.29 is 0 Å². The quantitative estimate of drug-likeness (QED) is 0.898. The highest BCUT2D eigenvalue weighted by Crippen LogP contribution is 2.27. The van der Waals surface area contributed by atoms with Crippen LogP contribution < -0.4 is 5.32 Å². The van der Waals surface area contributed by atoms with E-state index in [9.17, 15) is 0 Å². The Hall–Kier alpha value is -1.32. The maximum absolute atomic E-state index is 6.29. The van der Waals surface area contributed by atoms with Gasteiger partial charge in [-0.15, -0.1) is 0 Å². The van der Waals surface area contributed by atoms with Crippen molar-refractivity contribution in [1.29, 1.82) is 0 Å². The summed E-state index contributed by atoms with van der Waals surface area (Å²) in [5.74, 6) is 0. The Balaban J connectivity index is 2.33. The highest BCUT2D eigenvalue weighted by atomic mass is 35.5. The van der Waals surface area contributed by atoms with Crippen LogP contribution in [0.25, 0.3) is 0 Å². The summed E-state index contributed by atoms with van der Waals surface area (Å²) in [6.07, 6.45) is 4.99. The third kappa shape index (κ3) is 2.92. The van der Waals surface area contributed by atoms with Crippen molar-refractivity contribution in [2.45, 2.75) is 19.4 Å². The summed E-state index contributed by atoms with van der Waals surface area (Å²) in [5, 5.41) is 8.54. The van der Waals surface area contributed by atoms with Gasteiger partial charge in [0.1, 0.15) is 0 Å². The van der Waals surface area contributed by atoms with Gasteiger partial charge in [0.15, 0.2) is 0 Å². The average molecular weight is 264 g/mol. The van der Waals surface area contributed by atoms with E-state index in [2.05, 4.69) is 23.4 Å². The zero-order chi connectivity index (χ0) is 13.0. The van der Waals surface area contributed by atoms with Crippen molar-refractivity contribution in [2.24, 2.45) is 7.05 Å². The fourth-order valence-electron chi connectivity index (χ4n) is 1.99. The van der Waals surface area contributed by atoms with Crippen molar-refractivity contribution in [2.75, 3.05) is 6.54 Å². The van der Waals surface area contributed by atoms with Crippen LogP contribution in [0.4, 0.5) is 0 Å². The highest BCUT2D eigenvalue weighted by Gasteiger charge is 2.17. The number of benzene rings is 1. The number of nitrogens with zero attached hydrogens (tertiary/aromatic N) is 2. The Labute approximate surface area is 113 Å². The molecule has 2 aromatic rings. The summed E-state index contributed by atoms with van der Waals surface area (Å²) in [6, 6.07) is 8.05. The molecule has 0 saturated heterocycles. The van der Waals surface area contributed by atoms with Gasteiger partial charge in [0.2, 0.25) is 0 Å². The van der Waals surface area contributed by atoms with Gasteiger partial charge in [-0.05, 0) is 24.6 Å². The first-order valence-electron chi connectivity index (χ1n) is 6.18. The van der Waals surface area contributed by atoms with E-state index in [0.717, 1.165) is 29.1 Å². The first kappa shape index (κ1) is 13.1. The van der Waals surface area contributed by atoms with Gasteiger partial charge in [-0.3, -0.25) is 4.68 Å². The smallest absolute Gasteiger partial charge is 0.0622 e. The molecule has 1 aromatic heterocycles. The Kier molecular flexibility index (Phi) is 4.39. The molecule has 1 aromatic carbocycles. The third-order valence-electron chi connectivity index (χ3n) is 2.87. The molecule has 1 heterocycles. The SMILES string of the molecule is CCCNC(c1cnn(C)c1)c1ccccc1Cl. The molecular formula is C14H18ClN3. The van der Waals surface area contributed by atoms with Crippen LogP contribution in [0.1, 0.15) is 30.5 Å². The number of hydrogen-bond acceptors (Lipinski definition) is 2. The average Bonchev–Trinajstić information content (AvgIpc) is 2.78. The van der Waals surface area contributed by atoms with Crippen LogP contribution in [0.2, 0.25) is 5.02 Å². The molecule has 0 spiro atoms. The van der Waals surface area contributed by atoms with E-state index in [4.69, 9.17) is 11.6 Å². The summed E-state index contributed by atoms with van der Waals surface area (Å²) in [6.45, 7) is 3.10. The maximum Gasteiger partial charge on any atom is 0.0622 e.